The molecule has 0 aliphatic heterocycles. The summed E-state index contributed by atoms with van der Waals surface area (Å²) in [5.41, 5.74) is 0.920. The van der Waals surface area contributed by atoms with Gasteiger partial charge < -0.3 is 14.6 Å². The van der Waals surface area contributed by atoms with Gasteiger partial charge in [-0.15, -0.1) is 0 Å². The Morgan fingerprint density at radius 2 is 1.68 bits per heavy atom. The van der Waals surface area contributed by atoms with E-state index in [0.29, 0.717) is 0 Å². The highest BCUT2D eigenvalue weighted by molar-refractivity contribution is 5.18. The van der Waals surface area contributed by atoms with Crippen molar-refractivity contribution >= 4 is 0 Å². The first kappa shape index (κ1) is 16.2. The molecule has 0 bridgehead atoms. The summed E-state index contributed by atoms with van der Waals surface area (Å²) in [7, 11) is 3.25. The van der Waals surface area contributed by atoms with Crippen molar-refractivity contribution in [3.05, 3.63) is 35.9 Å². The van der Waals surface area contributed by atoms with Crippen molar-refractivity contribution in [3.63, 3.8) is 0 Å². The molecular formula is C16H26O3. The molecule has 0 heterocycles. The zero-order valence-corrected chi connectivity index (χ0v) is 12.2. The Hall–Kier alpha value is -0.900. The molecule has 1 aromatic rings. The Balaban J connectivity index is 2.76. The third kappa shape index (κ3) is 4.94. The summed E-state index contributed by atoms with van der Waals surface area (Å²) < 4.78 is 10.7. The molecule has 2 atom stereocenters. The maximum atomic E-state index is 10.6. The molecule has 19 heavy (non-hydrogen) atoms. The van der Waals surface area contributed by atoms with Crippen LogP contribution in [0.1, 0.15) is 44.3 Å². The lowest BCUT2D eigenvalue weighted by atomic mass is 9.90. The van der Waals surface area contributed by atoms with E-state index in [-0.39, 0.29) is 12.2 Å². The summed E-state index contributed by atoms with van der Waals surface area (Å²) in [5, 5.41) is 10.6. The lowest BCUT2D eigenvalue weighted by Gasteiger charge is -2.29. The van der Waals surface area contributed by atoms with Crippen LogP contribution in [0.3, 0.4) is 0 Å². The van der Waals surface area contributed by atoms with Gasteiger partial charge in [-0.3, -0.25) is 0 Å². The molecular weight excluding hydrogens is 240 g/mol. The lowest BCUT2D eigenvalue weighted by molar-refractivity contribution is -0.164. The fourth-order valence-electron chi connectivity index (χ4n) is 2.42. The third-order valence-corrected chi connectivity index (χ3v) is 3.50. The van der Waals surface area contributed by atoms with Crippen LogP contribution < -0.4 is 0 Å². The fraction of sp³-hybridized carbons (Fsp3) is 0.625. The van der Waals surface area contributed by atoms with Crippen LogP contribution in [0.4, 0.5) is 0 Å². The first-order valence-electron chi connectivity index (χ1n) is 7.03. The van der Waals surface area contributed by atoms with Crippen LogP contribution >= 0.6 is 0 Å². The molecule has 0 amide bonds. The number of methoxy groups -OCH3 is 2. The van der Waals surface area contributed by atoms with Gasteiger partial charge in [-0.25, -0.2) is 0 Å². The molecule has 0 saturated heterocycles. The minimum absolute atomic E-state index is 0.0380. The highest BCUT2D eigenvalue weighted by Crippen LogP contribution is 2.30. The number of aliphatic hydroxyl groups is 1. The Labute approximate surface area is 116 Å². The fourth-order valence-corrected chi connectivity index (χ4v) is 2.42. The second-order valence-corrected chi connectivity index (χ2v) is 4.85. The standard InChI is InChI=1S/C16H26O3/c1-4-5-7-12-14(16(18-2)19-3)15(17)13-10-8-6-9-11-13/h6,8-11,14-17H,4-5,7,12H2,1-3H3. The Morgan fingerprint density at radius 1 is 1.05 bits per heavy atom. The smallest absolute Gasteiger partial charge is 0.162 e. The highest BCUT2D eigenvalue weighted by Gasteiger charge is 2.29. The van der Waals surface area contributed by atoms with E-state index in [4.69, 9.17) is 9.47 Å². The largest absolute Gasteiger partial charge is 0.388 e. The van der Waals surface area contributed by atoms with Gasteiger partial charge in [0.1, 0.15) is 0 Å². The van der Waals surface area contributed by atoms with Crippen LogP contribution in [-0.4, -0.2) is 25.6 Å². The molecule has 1 aromatic carbocycles. The summed E-state index contributed by atoms with van der Waals surface area (Å²) in [6.07, 6.45) is 3.39. The van der Waals surface area contributed by atoms with Gasteiger partial charge in [0, 0.05) is 20.1 Å². The van der Waals surface area contributed by atoms with Crippen LogP contribution in [0.5, 0.6) is 0 Å². The number of ether oxygens (including phenoxy) is 2. The second-order valence-electron chi connectivity index (χ2n) is 4.85. The van der Waals surface area contributed by atoms with Crippen LogP contribution in [0.15, 0.2) is 30.3 Å². The number of hydrogen-bond donors (Lipinski definition) is 1. The zero-order chi connectivity index (χ0) is 14.1. The number of rotatable bonds is 9. The normalized spacial score (nSPS) is 14.6. The summed E-state index contributed by atoms with van der Waals surface area (Å²) in [6, 6.07) is 9.72. The number of unbranched alkanes of at least 4 members (excludes halogenated alkanes) is 2. The summed E-state index contributed by atoms with van der Waals surface area (Å²) in [4.78, 5) is 0. The number of benzene rings is 1. The van der Waals surface area contributed by atoms with E-state index in [2.05, 4.69) is 6.92 Å². The molecule has 0 fully saturated rings. The number of aliphatic hydroxyl groups excluding tert-OH is 1. The molecule has 0 aliphatic carbocycles. The summed E-state index contributed by atoms with van der Waals surface area (Å²) in [5.74, 6) is -0.0380. The molecule has 0 aliphatic rings. The van der Waals surface area contributed by atoms with Gasteiger partial charge in [0.2, 0.25) is 0 Å². The summed E-state index contributed by atoms with van der Waals surface area (Å²) >= 11 is 0. The summed E-state index contributed by atoms with van der Waals surface area (Å²) in [6.45, 7) is 2.17. The van der Waals surface area contributed by atoms with Gasteiger partial charge in [-0.05, 0) is 12.0 Å². The predicted octanol–water partition coefficient (Wildman–Crippen LogP) is 3.54. The van der Waals surface area contributed by atoms with Crippen LogP contribution in [0.25, 0.3) is 0 Å². The van der Waals surface area contributed by atoms with Crippen LogP contribution in [-0.2, 0) is 9.47 Å². The van der Waals surface area contributed by atoms with Crippen molar-refractivity contribution < 1.29 is 14.6 Å². The maximum Gasteiger partial charge on any atom is 0.162 e. The minimum Gasteiger partial charge on any atom is -0.388 e. The Bertz CT molecular complexity index is 322. The van der Waals surface area contributed by atoms with Crippen molar-refractivity contribution in [2.45, 2.75) is 45.0 Å². The average molecular weight is 266 g/mol. The van der Waals surface area contributed by atoms with Crippen LogP contribution in [0.2, 0.25) is 0 Å². The molecule has 0 spiro atoms. The first-order valence-corrected chi connectivity index (χ1v) is 7.03. The monoisotopic (exact) mass is 266 g/mol. The van der Waals surface area contributed by atoms with Gasteiger partial charge in [0.05, 0.1) is 6.10 Å². The van der Waals surface area contributed by atoms with Gasteiger partial charge in [0.25, 0.3) is 0 Å². The molecule has 0 aromatic heterocycles. The van der Waals surface area contributed by atoms with E-state index in [1.165, 1.54) is 6.42 Å². The molecule has 3 heteroatoms. The van der Waals surface area contributed by atoms with Gasteiger partial charge >= 0.3 is 0 Å². The molecule has 3 nitrogen and oxygen atoms in total. The molecule has 0 radical (unpaired) electrons. The minimum atomic E-state index is -0.553. The van der Waals surface area contributed by atoms with E-state index in [1.54, 1.807) is 14.2 Å². The van der Waals surface area contributed by atoms with Gasteiger partial charge in [-0.2, -0.15) is 0 Å². The Morgan fingerprint density at radius 3 is 2.21 bits per heavy atom. The van der Waals surface area contributed by atoms with E-state index < -0.39 is 6.10 Å². The SMILES string of the molecule is CCCCCC(C(OC)OC)C(O)c1ccccc1. The number of hydrogen-bond acceptors (Lipinski definition) is 3. The topological polar surface area (TPSA) is 38.7 Å². The predicted molar refractivity (Wildman–Crippen MR) is 76.8 cm³/mol. The molecule has 1 N–H and O–H groups in total. The molecule has 2 unspecified atom stereocenters. The molecule has 0 saturated carbocycles. The van der Waals surface area contributed by atoms with Gasteiger partial charge in [-0.1, -0.05) is 56.5 Å². The maximum absolute atomic E-state index is 10.6. The van der Waals surface area contributed by atoms with Crippen molar-refractivity contribution in [1.29, 1.82) is 0 Å². The quantitative estimate of drug-likeness (QED) is 0.549. The van der Waals surface area contributed by atoms with Crippen molar-refractivity contribution in [3.8, 4) is 0 Å². The van der Waals surface area contributed by atoms with E-state index in [9.17, 15) is 5.11 Å². The lowest BCUT2D eigenvalue weighted by Crippen LogP contribution is -2.30. The second kappa shape index (κ2) is 9.08. The Kier molecular flexibility index (Phi) is 7.72. The van der Waals surface area contributed by atoms with Crippen LogP contribution in [0, 0.1) is 5.92 Å². The van der Waals surface area contributed by atoms with Crippen molar-refractivity contribution in [2.75, 3.05) is 14.2 Å². The third-order valence-electron chi connectivity index (χ3n) is 3.50. The molecule has 1 rings (SSSR count). The van der Waals surface area contributed by atoms with Crippen molar-refractivity contribution in [1.82, 2.24) is 0 Å². The van der Waals surface area contributed by atoms with Gasteiger partial charge in [0.15, 0.2) is 6.29 Å². The average Bonchev–Trinajstić information content (AvgIpc) is 2.47. The van der Waals surface area contributed by atoms with E-state index in [1.807, 2.05) is 30.3 Å². The van der Waals surface area contributed by atoms with E-state index in [0.717, 1.165) is 24.8 Å². The first-order chi connectivity index (χ1) is 9.24. The zero-order valence-electron chi connectivity index (χ0n) is 12.2. The van der Waals surface area contributed by atoms with E-state index >= 15 is 0 Å². The molecule has 108 valence electrons. The highest BCUT2D eigenvalue weighted by atomic mass is 16.7. The van der Waals surface area contributed by atoms with Crippen molar-refractivity contribution in [2.24, 2.45) is 5.92 Å².